The zero-order valence-electron chi connectivity index (χ0n) is 3.65. The molecule has 3 radical (unpaired) electrons. The molecule has 1 heterocycles. The van der Waals surface area contributed by atoms with Crippen LogP contribution < -0.4 is 5.23 Å². The lowest BCUT2D eigenvalue weighted by Crippen LogP contribution is -2.35. The van der Waals surface area contributed by atoms with Gasteiger partial charge in [-0.1, -0.05) is 6.32 Å². The van der Waals surface area contributed by atoms with Crippen molar-refractivity contribution >= 4 is 21.5 Å². The molecule has 6 heavy (non-hydrogen) atoms. The Hall–Kier alpha value is 0.155. The summed E-state index contributed by atoms with van der Waals surface area (Å²) in [5.74, 6) is 0. The topological polar surface area (TPSA) is 12.0 Å². The second-order valence-electron chi connectivity index (χ2n) is 1.34. The Kier molecular flexibility index (Phi) is 1.69. The highest BCUT2D eigenvalue weighted by atomic mass is 14.7. The molecule has 0 aromatic heterocycles. The van der Waals surface area contributed by atoms with Crippen LogP contribution in [0.2, 0.25) is 6.32 Å². The normalized spacial score (nSPS) is 20.0. The molecule has 0 spiro atoms. The maximum Gasteiger partial charge on any atom is 0.145 e. The summed E-state index contributed by atoms with van der Waals surface area (Å²) in [5.41, 5.74) is 0. The van der Waals surface area contributed by atoms with Crippen LogP contribution in [0.15, 0.2) is 0 Å². The molecular weight excluding hydrogens is 70.5 g/mol. The first-order valence-electron chi connectivity index (χ1n) is 2.22. The van der Waals surface area contributed by atoms with Crippen LogP contribution in [0.1, 0.15) is 0 Å². The smallest absolute Gasteiger partial charge is 0.145 e. The fraction of sp³-hybridized carbons (Fsp3) is 1.00. The van der Waals surface area contributed by atoms with Crippen LogP contribution in [-0.2, 0) is 0 Å². The van der Waals surface area contributed by atoms with Gasteiger partial charge in [0.05, 0.1) is 7.17 Å². The van der Waals surface area contributed by atoms with E-state index in [0.29, 0.717) is 0 Å². The Morgan fingerprint density at radius 3 is 2.67 bits per heavy atom. The van der Waals surface area contributed by atoms with Crippen LogP contribution in [0.5, 0.6) is 0 Å². The van der Waals surface area contributed by atoms with Gasteiger partial charge in [-0.15, -0.1) is 0 Å². The second kappa shape index (κ2) is 2.35. The molecule has 1 aliphatic rings. The monoisotopic (exact) mass is 76.1 g/mol. The minimum atomic E-state index is 1.11. The standard InChI is InChI=1S/C2H5B3N/c1-2-6-5-4-3-1/h6H,1-2H2. The Bertz CT molecular complexity index is 24.3. The van der Waals surface area contributed by atoms with E-state index in [1.54, 1.807) is 0 Å². The Balaban J connectivity index is 2.00. The van der Waals surface area contributed by atoms with Crippen LogP contribution >= 0.6 is 0 Å². The van der Waals surface area contributed by atoms with Gasteiger partial charge in [0.2, 0.25) is 0 Å². The second-order valence-corrected chi connectivity index (χ2v) is 1.34. The molecule has 1 saturated heterocycles. The molecule has 0 aromatic rings. The summed E-state index contributed by atoms with van der Waals surface area (Å²) in [6.07, 6.45) is 1.18. The van der Waals surface area contributed by atoms with E-state index >= 15 is 0 Å². The van der Waals surface area contributed by atoms with Crippen molar-refractivity contribution in [2.45, 2.75) is 6.32 Å². The molecule has 0 atom stereocenters. The minimum Gasteiger partial charge on any atom is -0.370 e. The van der Waals surface area contributed by atoms with Crippen molar-refractivity contribution in [1.82, 2.24) is 5.23 Å². The van der Waals surface area contributed by atoms with Gasteiger partial charge in [0.25, 0.3) is 0 Å². The first-order chi connectivity index (χ1) is 3.00. The molecule has 0 aromatic carbocycles. The summed E-state index contributed by atoms with van der Waals surface area (Å²) in [6, 6.07) is 0. The Morgan fingerprint density at radius 2 is 2.50 bits per heavy atom. The van der Waals surface area contributed by atoms with Crippen molar-refractivity contribution in [3.05, 3.63) is 0 Å². The van der Waals surface area contributed by atoms with E-state index in [0.717, 1.165) is 6.54 Å². The molecule has 1 rings (SSSR count). The quantitative estimate of drug-likeness (QED) is 0.359. The predicted molar refractivity (Wildman–Crippen MR) is 30.1 cm³/mol. The molecule has 1 nitrogen and oxygen atoms in total. The first kappa shape index (κ1) is 4.32. The zero-order valence-corrected chi connectivity index (χ0v) is 3.65. The lowest BCUT2D eigenvalue weighted by atomic mass is 9.21. The van der Waals surface area contributed by atoms with Crippen LogP contribution in [0.25, 0.3) is 0 Å². The van der Waals surface area contributed by atoms with Gasteiger partial charge in [0, 0.05) is 7.06 Å². The molecule has 0 amide bonds. The van der Waals surface area contributed by atoms with E-state index in [1.807, 2.05) is 14.4 Å². The molecular formula is C2H5B3N. The maximum absolute atomic E-state index is 3.07. The molecule has 4 heteroatoms. The van der Waals surface area contributed by atoms with Crippen molar-refractivity contribution in [3.63, 3.8) is 0 Å². The predicted octanol–water partition coefficient (Wildman–Crippen LogP) is -1.13. The van der Waals surface area contributed by atoms with Crippen LogP contribution in [0.3, 0.4) is 0 Å². The molecule has 1 aliphatic heterocycles. The van der Waals surface area contributed by atoms with Gasteiger partial charge in [-0.2, -0.15) is 0 Å². The molecule has 1 fully saturated rings. The number of hydrogen-bond donors (Lipinski definition) is 1. The van der Waals surface area contributed by atoms with E-state index in [2.05, 4.69) is 12.4 Å². The molecule has 0 aliphatic carbocycles. The van der Waals surface area contributed by atoms with Crippen LogP contribution in [0, 0.1) is 0 Å². The summed E-state index contributed by atoms with van der Waals surface area (Å²) >= 11 is 0. The number of rotatable bonds is 0. The summed E-state index contributed by atoms with van der Waals surface area (Å²) in [5, 5.41) is 3.07. The number of nitrogens with one attached hydrogen (secondary N) is 1. The van der Waals surface area contributed by atoms with E-state index in [1.165, 1.54) is 6.32 Å². The SMILES string of the molecule is [B]1[B]CCN[B]1. The van der Waals surface area contributed by atoms with Crippen molar-refractivity contribution in [2.24, 2.45) is 0 Å². The van der Waals surface area contributed by atoms with Gasteiger partial charge in [0.1, 0.15) is 7.31 Å². The molecule has 1 N–H and O–H groups in total. The van der Waals surface area contributed by atoms with E-state index < -0.39 is 0 Å². The Morgan fingerprint density at radius 1 is 1.50 bits per heavy atom. The third-order valence-electron chi connectivity index (χ3n) is 0.806. The fourth-order valence-corrected chi connectivity index (χ4v) is 0.482. The molecule has 27 valence electrons. The van der Waals surface area contributed by atoms with Gasteiger partial charge in [-0.3, -0.25) is 0 Å². The highest BCUT2D eigenvalue weighted by Crippen LogP contribution is 1.75. The minimum absolute atomic E-state index is 1.11. The van der Waals surface area contributed by atoms with Crippen LogP contribution in [0.4, 0.5) is 0 Å². The summed E-state index contributed by atoms with van der Waals surface area (Å²) < 4.78 is 0. The largest absolute Gasteiger partial charge is 0.370 e. The van der Waals surface area contributed by atoms with Crippen molar-refractivity contribution in [1.29, 1.82) is 0 Å². The van der Waals surface area contributed by atoms with Crippen molar-refractivity contribution < 1.29 is 0 Å². The summed E-state index contributed by atoms with van der Waals surface area (Å²) in [7, 11) is 6.14. The average molecular weight is 75.5 g/mol. The van der Waals surface area contributed by atoms with E-state index in [4.69, 9.17) is 0 Å². The molecule has 0 unspecified atom stereocenters. The van der Waals surface area contributed by atoms with Gasteiger partial charge < -0.3 is 5.23 Å². The highest BCUT2D eigenvalue weighted by Gasteiger charge is 1.98. The zero-order chi connectivity index (χ0) is 4.24. The van der Waals surface area contributed by atoms with E-state index in [-0.39, 0.29) is 0 Å². The average Bonchev–Trinajstić information content (AvgIpc) is 1.72. The molecule has 0 bridgehead atoms. The lowest BCUT2D eigenvalue weighted by molar-refractivity contribution is 1.00. The van der Waals surface area contributed by atoms with Crippen LogP contribution in [-0.4, -0.2) is 28.1 Å². The summed E-state index contributed by atoms with van der Waals surface area (Å²) in [4.78, 5) is 0. The van der Waals surface area contributed by atoms with Gasteiger partial charge in [-0.05, 0) is 6.54 Å². The van der Waals surface area contributed by atoms with Gasteiger partial charge >= 0.3 is 0 Å². The molecule has 0 saturated carbocycles. The fourth-order valence-electron chi connectivity index (χ4n) is 0.482. The lowest BCUT2D eigenvalue weighted by Gasteiger charge is -2.05. The number of hydrogen-bond acceptors (Lipinski definition) is 1. The van der Waals surface area contributed by atoms with E-state index in [9.17, 15) is 0 Å². The third kappa shape index (κ3) is 1.09. The highest BCUT2D eigenvalue weighted by molar-refractivity contribution is 7.29. The summed E-state index contributed by atoms with van der Waals surface area (Å²) in [6.45, 7) is 1.11. The first-order valence-corrected chi connectivity index (χ1v) is 2.22. The van der Waals surface area contributed by atoms with Crippen molar-refractivity contribution in [2.75, 3.05) is 6.54 Å². The van der Waals surface area contributed by atoms with Gasteiger partial charge in [-0.25, -0.2) is 0 Å². The van der Waals surface area contributed by atoms with Gasteiger partial charge in [0.15, 0.2) is 0 Å². The maximum atomic E-state index is 3.07. The Labute approximate surface area is 40.6 Å². The third-order valence-corrected chi connectivity index (χ3v) is 0.806. The van der Waals surface area contributed by atoms with Crippen molar-refractivity contribution in [3.8, 4) is 0 Å².